The Hall–Kier alpha value is -3.03. The van der Waals surface area contributed by atoms with Crippen molar-refractivity contribution in [2.24, 2.45) is 0 Å². The fraction of sp³-hybridized carbons (Fsp3) is 0.240. The highest BCUT2D eigenvalue weighted by atomic mass is 35.5. The van der Waals surface area contributed by atoms with Crippen LogP contribution in [0.25, 0.3) is 0 Å². The van der Waals surface area contributed by atoms with Gasteiger partial charge in [0.2, 0.25) is 0 Å². The average Bonchev–Trinajstić information content (AvgIpc) is 2.79. The van der Waals surface area contributed by atoms with Crippen LogP contribution in [0.2, 0.25) is 5.02 Å². The lowest BCUT2D eigenvalue weighted by atomic mass is 10.0. The molecule has 0 spiro atoms. The molecule has 0 radical (unpaired) electrons. The summed E-state index contributed by atoms with van der Waals surface area (Å²) in [6, 6.07) is 16.8. The number of hydrogen-bond acceptors (Lipinski definition) is 4. The number of benzene rings is 3. The molecule has 1 amide bonds. The van der Waals surface area contributed by atoms with Crippen LogP contribution in [0.1, 0.15) is 46.4 Å². The lowest BCUT2D eigenvalue weighted by Crippen LogP contribution is -2.28. The number of sulfonamides is 1. The molecule has 0 fully saturated rings. The summed E-state index contributed by atoms with van der Waals surface area (Å²) in [5.41, 5.74) is 3.39. The Morgan fingerprint density at radius 2 is 1.73 bits per heavy atom. The molecule has 174 valence electrons. The van der Waals surface area contributed by atoms with Crippen molar-refractivity contribution in [2.75, 3.05) is 11.8 Å². The van der Waals surface area contributed by atoms with Gasteiger partial charge in [0.1, 0.15) is 10.6 Å². The van der Waals surface area contributed by atoms with E-state index in [1.807, 2.05) is 57.2 Å². The van der Waals surface area contributed by atoms with E-state index >= 15 is 0 Å². The summed E-state index contributed by atoms with van der Waals surface area (Å²) in [6.45, 7) is 5.71. The third-order valence-electron chi connectivity index (χ3n) is 5.34. The number of methoxy groups -OCH3 is 1. The Balaban J connectivity index is 1.85. The van der Waals surface area contributed by atoms with Crippen molar-refractivity contribution in [3.8, 4) is 5.75 Å². The summed E-state index contributed by atoms with van der Waals surface area (Å²) in [6.07, 6.45) is 0.658. The molecule has 1 atom stereocenters. The molecule has 8 heteroatoms. The van der Waals surface area contributed by atoms with E-state index in [0.717, 1.165) is 22.4 Å². The highest BCUT2D eigenvalue weighted by molar-refractivity contribution is 7.92. The van der Waals surface area contributed by atoms with Crippen LogP contribution >= 0.6 is 11.6 Å². The second-order valence-corrected chi connectivity index (χ2v) is 9.83. The summed E-state index contributed by atoms with van der Waals surface area (Å²) >= 11 is 6.21. The molecule has 0 aliphatic rings. The van der Waals surface area contributed by atoms with Crippen molar-refractivity contribution in [1.29, 1.82) is 0 Å². The van der Waals surface area contributed by atoms with Crippen LogP contribution in [-0.4, -0.2) is 21.4 Å². The molecule has 0 heterocycles. The lowest BCUT2D eigenvalue weighted by Gasteiger charge is -2.18. The van der Waals surface area contributed by atoms with Crippen molar-refractivity contribution in [1.82, 2.24) is 5.32 Å². The van der Waals surface area contributed by atoms with Gasteiger partial charge in [0.25, 0.3) is 15.9 Å². The molecular formula is C25H27ClN2O4S. The normalized spacial score (nSPS) is 12.2. The lowest BCUT2D eigenvalue weighted by molar-refractivity contribution is 0.0935. The highest BCUT2D eigenvalue weighted by Gasteiger charge is 2.22. The van der Waals surface area contributed by atoms with Crippen molar-refractivity contribution < 1.29 is 17.9 Å². The van der Waals surface area contributed by atoms with Crippen LogP contribution in [0.4, 0.5) is 5.69 Å². The van der Waals surface area contributed by atoms with Gasteiger partial charge in [0.05, 0.1) is 23.9 Å². The summed E-state index contributed by atoms with van der Waals surface area (Å²) in [5, 5.41) is 3.00. The van der Waals surface area contributed by atoms with Crippen molar-refractivity contribution in [3.05, 3.63) is 87.9 Å². The first-order valence-electron chi connectivity index (χ1n) is 10.5. The SMILES string of the molecule is CC[C@H](NC(=O)c1ccc(Cl)c(S(=O)(=O)Nc2ccc(C)cc2C)c1)c1ccc(OC)cc1. The van der Waals surface area contributed by atoms with Gasteiger partial charge >= 0.3 is 0 Å². The number of anilines is 1. The van der Waals surface area contributed by atoms with E-state index in [2.05, 4.69) is 10.0 Å². The maximum atomic E-state index is 13.1. The number of amides is 1. The standard InChI is InChI=1S/C25H27ClN2O4S/c1-5-22(18-7-10-20(32-4)11-8-18)27-25(29)19-9-12-21(26)24(15-19)33(30,31)28-23-13-6-16(2)14-17(23)3/h6-15,22,28H,5H2,1-4H3,(H,27,29)/t22-/m0/s1. The number of ether oxygens (including phenoxy) is 1. The first-order chi connectivity index (χ1) is 15.6. The minimum absolute atomic E-state index is 0.0333. The maximum Gasteiger partial charge on any atom is 0.263 e. The topological polar surface area (TPSA) is 84.5 Å². The Labute approximate surface area is 200 Å². The predicted molar refractivity (Wildman–Crippen MR) is 132 cm³/mol. The summed E-state index contributed by atoms with van der Waals surface area (Å²) in [7, 11) is -2.41. The smallest absolute Gasteiger partial charge is 0.263 e. The van der Waals surface area contributed by atoms with Crippen LogP contribution in [0.5, 0.6) is 5.75 Å². The predicted octanol–water partition coefficient (Wildman–Crippen LogP) is 5.65. The summed E-state index contributed by atoms with van der Waals surface area (Å²) in [4.78, 5) is 12.8. The minimum Gasteiger partial charge on any atom is -0.497 e. The number of halogens is 1. The molecule has 0 aliphatic heterocycles. The van der Waals surface area contributed by atoms with E-state index in [1.165, 1.54) is 18.2 Å². The quantitative estimate of drug-likeness (QED) is 0.431. The van der Waals surface area contributed by atoms with Gasteiger partial charge in [0, 0.05) is 5.56 Å². The monoisotopic (exact) mass is 486 g/mol. The molecule has 3 aromatic carbocycles. The first-order valence-corrected chi connectivity index (χ1v) is 12.3. The Kier molecular flexibility index (Phi) is 7.66. The van der Waals surface area contributed by atoms with Gasteiger partial charge in [-0.05, 0) is 67.8 Å². The number of hydrogen-bond donors (Lipinski definition) is 2. The minimum atomic E-state index is -4.01. The Bertz CT molecular complexity index is 1260. The highest BCUT2D eigenvalue weighted by Crippen LogP contribution is 2.27. The molecule has 2 N–H and O–H groups in total. The van der Waals surface area contributed by atoms with Gasteiger partial charge in [-0.1, -0.05) is 48.4 Å². The second kappa shape index (κ2) is 10.3. The van der Waals surface area contributed by atoms with Gasteiger partial charge in [0.15, 0.2) is 0 Å². The van der Waals surface area contributed by atoms with E-state index in [9.17, 15) is 13.2 Å². The molecule has 0 bridgehead atoms. The number of nitrogens with one attached hydrogen (secondary N) is 2. The number of aryl methyl sites for hydroxylation is 2. The van der Waals surface area contributed by atoms with Crippen molar-refractivity contribution in [2.45, 2.75) is 38.1 Å². The average molecular weight is 487 g/mol. The molecule has 0 saturated carbocycles. The second-order valence-electron chi connectivity index (χ2n) is 7.78. The number of rotatable bonds is 8. The fourth-order valence-electron chi connectivity index (χ4n) is 3.48. The molecule has 6 nitrogen and oxygen atoms in total. The molecule has 0 unspecified atom stereocenters. The zero-order chi connectivity index (χ0) is 24.2. The molecule has 33 heavy (non-hydrogen) atoms. The van der Waals surface area contributed by atoms with Gasteiger partial charge in [-0.2, -0.15) is 0 Å². The van der Waals surface area contributed by atoms with Gasteiger partial charge in [-0.25, -0.2) is 8.42 Å². The molecule has 3 rings (SSSR count). The van der Waals surface area contributed by atoms with E-state index in [-0.39, 0.29) is 21.5 Å². The molecule has 0 aliphatic carbocycles. The summed E-state index contributed by atoms with van der Waals surface area (Å²) < 4.78 is 33.9. The third-order valence-corrected chi connectivity index (χ3v) is 7.19. The third kappa shape index (κ3) is 5.86. The molecule has 0 saturated heterocycles. The molecule has 3 aromatic rings. The zero-order valence-corrected chi connectivity index (χ0v) is 20.5. The fourth-order valence-corrected chi connectivity index (χ4v) is 5.13. The largest absolute Gasteiger partial charge is 0.497 e. The van der Waals surface area contributed by atoms with Crippen LogP contribution in [0.15, 0.2) is 65.6 Å². The van der Waals surface area contributed by atoms with Crippen molar-refractivity contribution in [3.63, 3.8) is 0 Å². The molecule has 0 aromatic heterocycles. The summed E-state index contributed by atoms with van der Waals surface area (Å²) in [5.74, 6) is 0.334. The van der Waals surface area contributed by atoms with Gasteiger partial charge in [-0.3, -0.25) is 9.52 Å². The van der Waals surface area contributed by atoms with Gasteiger partial charge in [-0.15, -0.1) is 0 Å². The van der Waals surface area contributed by atoms with E-state index in [1.54, 1.807) is 13.2 Å². The van der Waals surface area contributed by atoms with E-state index < -0.39 is 15.9 Å². The van der Waals surface area contributed by atoms with Crippen molar-refractivity contribution >= 4 is 33.2 Å². The number of carbonyl (C=O) groups is 1. The van der Waals surface area contributed by atoms with Gasteiger partial charge < -0.3 is 10.1 Å². The Morgan fingerprint density at radius 1 is 1.03 bits per heavy atom. The maximum absolute atomic E-state index is 13.1. The van der Waals surface area contributed by atoms with Crippen LogP contribution in [0.3, 0.4) is 0 Å². The molecular weight excluding hydrogens is 460 g/mol. The van der Waals surface area contributed by atoms with Crippen LogP contribution < -0.4 is 14.8 Å². The van der Waals surface area contributed by atoms with E-state index in [0.29, 0.717) is 12.1 Å². The number of carbonyl (C=O) groups excluding carboxylic acids is 1. The van der Waals surface area contributed by atoms with E-state index in [4.69, 9.17) is 16.3 Å². The Morgan fingerprint density at radius 3 is 2.33 bits per heavy atom. The van der Waals surface area contributed by atoms with Crippen LogP contribution in [0, 0.1) is 13.8 Å². The van der Waals surface area contributed by atoms with Crippen LogP contribution in [-0.2, 0) is 10.0 Å². The first kappa shape index (κ1) is 24.6. The zero-order valence-electron chi connectivity index (χ0n) is 19.0.